The molecule has 5 rings (SSSR count). The maximum Gasteiger partial charge on any atom is 0.261 e. The number of aromatic nitrogens is 4. The molecule has 0 saturated heterocycles. The van der Waals surface area contributed by atoms with Gasteiger partial charge >= 0.3 is 0 Å². The Hall–Kier alpha value is -3.02. The van der Waals surface area contributed by atoms with Gasteiger partial charge in [0.25, 0.3) is 5.56 Å². The molecule has 3 aromatic heterocycles. The molecule has 0 spiro atoms. The third kappa shape index (κ3) is 3.16. The van der Waals surface area contributed by atoms with E-state index in [0.717, 1.165) is 35.2 Å². The topological polar surface area (TPSA) is 52.2 Å². The van der Waals surface area contributed by atoms with Gasteiger partial charge in [0.05, 0.1) is 16.6 Å². The van der Waals surface area contributed by atoms with E-state index in [9.17, 15) is 9.18 Å². The molecule has 0 bridgehead atoms. The molecule has 0 aliphatic heterocycles. The summed E-state index contributed by atoms with van der Waals surface area (Å²) in [5.41, 5.74) is 4.08. The Bertz CT molecular complexity index is 1320. The Morgan fingerprint density at radius 1 is 1.13 bits per heavy atom. The molecule has 31 heavy (non-hydrogen) atoms. The number of nitrogens with zero attached hydrogens (tertiary/aromatic N) is 4. The minimum Gasteiger partial charge on any atom is -0.311 e. The van der Waals surface area contributed by atoms with Crippen LogP contribution in [0, 0.1) is 17.7 Å². The van der Waals surface area contributed by atoms with E-state index >= 15 is 0 Å². The van der Waals surface area contributed by atoms with Crippen molar-refractivity contribution >= 4 is 16.6 Å². The van der Waals surface area contributed by atoms with Gasteiger partial charge in [0.1, 0.15) is 5.82 Å². The fourth-order valence-electron chi connectivity index (χ4n) is 5.10. The predicted molar refractivity (Wildman–Crippen MR) is 121 cm³/mol. The van der Waals surface area contributed by atoms with E-state index in [0.29, 0.717) is 29.3 Å². The van der Waals surface area contributed by atoms with Crippen LogP contribution in [-0.4, -0.2) is 19.2 Å². The summed E-state index contributed by atoms with van der Waals surface area (Å²) in [6.07, 6.45) is 7.72. The van der Waals surface area contributed by atoms with Crippen molar-refractivity contribution in [3.63, 3.8) is 0 Å². The third-order valence-electron chi connectivity index (χ3n) is 7.10. The van der Waals surface area contributed by atoms with Crippen LogP contribution in [-0.2, 0) is 6.42 Å². The minimum absolute atomic E-state index is 0.00488. The molecular formula is C25H27FN4O. The van der Waals surface area contributed by atoms with Gasteiger partial charge in [-0.15, -0.1) is 0 Å². The summed E-state index contributed by atoms with van der Waals surface area (Å²) >= 11 is 0. The van der Waals surface area contributed by atoms with Gasteiger partial charge in [-0.3, -0.25) is 4.79 Å². The Kier molecular flexibility index (Phi) is 4.88. The van der Waals surface area contributed by atoms with Gasteiger partial charge in [-0.05, 0) is 48.4 Å². The molecule has 4 aromatic rings. The zero-order chi connectivity index (χ0) is 21.7. The van der Waals surface area contributed by atoms with Crippen LogP contribution >= 0.6 is 0 Å². The molecule has 160 valence electrons. The van der Waals surface area contributed by atoms with Gasteiger partial charge in [0.15, 0.2) is 5.65 Å². The van der Waals surface area contributed by atoms with Crippen molar-refractivity contribution in [2.45, 2.75) is 52.5 Å². The van der Waals surface area contributed by atoms with Gasteiger partial charge in [-0.25, -0.2) is 13.9 Å². The Balaban J connectivity index is 1.70. The predicted octanol–water partition coefficient (Wildman–Crippen LogP) is 5.41. The SMILES string of the molecule is CCc1nn2c(ncc3c(=O)n([C@@H]4CCC[C@H](C)[C@@H]4C)ccc32)c1-c1ccc(F)cc1. The van der Waals surface area contributed by atoms with Crippen LogP contribution in [0.15, 0.2) is 47.5 Å². The van der Waals surface area contributed by atoms with Crippen LogP contribution in [0.4, 0.5) is 4.39 Å². The van der Waals surface area contributed by atoms with Crippen LogP contribution in [0.3, 0.4) is 0 Å². The van der Waals surface area contributed by atoms with Crippen LogP contribution in [0.25, 0.3) is 27.7 Å². The number of benzene rings is 1. The molecule has 5 nitrogen and oxygen atoms in total. The summed E-state index contributed by atoms with van der Waals surface area (Å²) in [6, 6.07) is 8.60. The van der Waals surface area contributed by atoms with E-state index in [1.807, 2.05) is 23.8 Å². The molecule has 3 atom stereocenters. The second kappa shape index (κ2) is 7.59. The number of halogens is 1. The Morgan fingerprint density at radius 2 is 1.90 bits per heavy atom. The van der Waals surface area contributed by atoms with Crippen molar-refractivity contribution in [3.8, 4) is 11.1 Å². The third-order valence-corrected chi connectivity index (χ3v) is 7.10. The van der Waals surface area contributed by atoms with Crippen molar-refractivity contribution in [3.05, 3.63) is 64.6 Å². The molecule has 0 N–H and O–H groups in total. The fourth-order valence-corrected chi connectivity index (χ4v) is 5.10. The highest BCUT2D eigenvalue weighted by Crippen LogP contribution is 2.37. The van der Waals surface area contributed by atoms with Gasteiger partial charge in [-0.2, -0.15) is 5.10 Å². The number of hydrogen-bond acceptors (Lipinski definition) is 3. The van der Waals surface area contributed by atoms with Crippen LogP contribution in [0.5, 0.6) is 0 Å². The summed E-state index contributed by atoms with van der Waals surface area (Å²) in [7, 11) is 0. The summed E-state index contributed by atoms with van der Waals surface area (Å²) in [5, 5.41) is 5.36. The summed E-state index contributed by atoms with van der Waals surface area (Å²) in [5.74, 6) is 0.795. The lowest BCUT2D eigenvalue weighted by atomic mass is 9.78. The number of rotatable bonds is 3. The van der Waals surface area contributed by atoms with E-state index in [-0.39, 0.29) is 17.4 Å². The number of hydrogen-bond donors (Lipinski definition) is 0. The molecular weight excluding hydrogens is 391 g/mol. The first-order chi connectivity index (χ1) is 15.0. The Morgan fingerprint density at radius 3 is 2.65 bits per heavy atom. The molecule has 0 unspecified atom stereocenters. The number of pyridine rings is 1. The van der Waals surface area contributed by atoms with Crippen molar-refractivity contribution in [2.75, 3.05) is 0 Å². The number of aryl methyl sites for hydroxylation is 1. The first-order valence-electron chi connectivity index (χ1n) is 11.2. The highest BCUT2D eigenvalue weighted by Gasteiger charge is 2.29. The van der Waals surface area contributed by atoms with Crippen molar-refractivity contribution in [1.82, 2.24) is 19.2 Å². The summed E-state index contributed by atoms with van der Waals surface area (Å²) < 4.78 is 17.1. The highest BCUT2D eigenvalue weighted by molar-refractivity contribution is 5.86. The van der Waals surface area contributed by atoms with Crippen LogP contribution < -0.4 is 5.56 Å². The molecule has 1 aromatic carbocycles. The zero-order valence-corrected chi connectivity index (χ0v) is 18.2. The van der Waals surface area contributed by atoms with Crippen molar-refractivity contribution in [1.29, 1.82) is 0 Å². The lowest BCUT2D eigenvalue weighted by molar-refractivity contribution is 0.183. The number of fused-ring (bicyclic) bond motifs is 3. The monoisotopic (exact) mass is 418 g/mol. The normalized spacial score (nSPS) is 21.7. The van der Waals surface area contributed by atoms with Crippen molar-refractivity contribution in [2.24, 2.45) is 11.8 Å². The van der Waals surface area contributed by atoms with E-state index < -0.39 is 0 Å². The van der Waals surface area contributed by atoms with E-state index in [4.69, 9.17) is 5.10 Å². The molecule has 1 aliphatic carbocycles. The first-order valence-corrected chi connectivity index (χ1v) is 11.2. The van der Waals surface area contributed by atoms with E-state index in [1.54, 1.807) is 22.8 Å². The minimum atomic E-state index is -0.275. The quantitative estimate of drug-likeness (QED) is 0.447. The molecule has 3 heterocycles. The second-order valence-corrected chi connectivity index (χ2v) is 8.84. The maximum absolute atomic E-state index is 13.4. The largest absolute Gasteiger partial charge is 0.311 e. The molecule has 0 radical (unpaired) electrons. The standard InChI is InChI=1S/C25H27FN4O/c1-4-20-23(17-8-10-18(26)11-9-17)24-27-14-19-22(30(24)28-20)12-13-29(25(19)31)21-7-5-6-15(2)16(21)3/h8-16,21H,4-7H2,1-3H3/t15-,16-,21+/m0/s1. The van der Waals surface area contributed by atoms with Crippen LogP contribution in [0.2, 0.25) is 0 Å². The fraction of sp³-hybridized carbons (Fsp3) is 0.400. The molecule has 1 saturated carbocycles. The summed E-state index contributed by atoms with van der Waals surface area (Å²) in [6.45, 7) is 6.57. The molecule has 0 amide bonds. The first kappa shape index (κ1) is 19.9. The van der Waals surface area contributed by atoms with Crippen molar-refractivity contribution < 1.29 is 4.39 Å². The van der Waals surface area contributed by atoms with Crippen LogP contribution in [0.1, 0.15) is 51.8 Å². The van der Waals surface area contributed by atoms with E-state index in [1.165, 1.54) is 18.6 Å². The molecule has 1 fully saturated rings. The maximum atomic E-state index is 13.4. The smallest absolute Gasteiger partial charge is 0.261 e. The van der Waals surface area contributed by atoms with Gasteiger partial charge in [-0.1, -0.05) is 45.7 Å². The van der Waals surface area contributed by atoms with Gasteiger partial charge in [0, 0.05) is 24.0 Å². The lowest BCUT2D eigenvalue weighted by Crippen LogP contribution is -2.33. The van der Waals surface area contributed by atoms with E-state index in [2.05, 4.69) is 18.8 Å². The zero-order valence-electron chi connectivity index (χ0n) is 18.2. The second-order valence-electron chi connectivity index (χ2n) is 8.84. The molecule has 6 heteroatoms. The highest BCUT2D eigenvalue weighted by atomic mass is 19.1. The average molecular weight is 419 g/mol. The lowest BCUT2D eigenvalue weighted by Gasteiger charge is -2.35. The van der Waals surface area contributed by atoms with Gasteiger partial charge < -0.3 is 4.57 Å². The van der Waals surface area contributed by atoms with Gasteiger partial charge in [0.2, 0.25) is 0 Å². The average Bonchev–Trinajstić information content (AvgIpc) is 3.16. The Labute approximate surface area is 180 Å². The molecule has 1 aliphatic rings. The summed E-state index contributed by atoms with van der Waals surface area (Å²) in [4.78, 5) is 18.1.